The molecule has 0 saturated heterocycles. The summed E-state index contributed by atoms with van der Waals surface area (Å²) < 4.78 is 0. The molecule has 0 radical (unpaired) electrons. The molecular weight excluding hydrogens is 377 g/mol. The Labute approximate surface area is 144 Å². The van der Waals surface area contributed by atoms with Gasteiger partial charge in [-0.25, -0.2) is 4.99 Å². The van der Waals surface area contributed by atoms with Gasteiger partial charge in [-0.3, -0.25) is 0 Å². The number of nitrogens with two attached hydrogens (primary N) is 1. The lowest BCUT2D eigenvalue weighted by Crippen LogP contribution is -2.34. The minimum Gasteiger partial charge on any atom is -0.508 e. The van der Waals surface area contributed by atoms with Crippen LogP contribution in [0.2, 0.25) is 0 Å². The maximum atomic E-state index is 10.1. The number of aromatic hydroxyl groups is 1. The third-order valence-electron chi connectivity index (χ3n) is 3.73. The molecule has 118 valence electrons. The van der Waals surface area contributed by atoms with Crippen LogP contribution in [0.15, 0.2) is 17.1 Å². The Morgan fingerprint density at radius 3 is 2.76 bits per heavy atom. The van der Waals surface area contributed by atoms with Gasteiger partial charge in [-0.1, -0.05) is 19.9 Å². The minimum atomic E-state index is 0. The van der Waals surface area contributed by atoms with Crippen LogP contribution < -0.4 is 11.1 Å². The molecule has 0 saturated carbocycles. The third-order valence-corrected chi connectivity index (χ3v) is 3.73. The maximum Gasteiger partial charge on any atom is 0.188 e. The Balaban J connectivity index is 0.00000220. The highest BCUT2D eigenvalue weighted by atomic mass is 127. The third kappa shape index (κ3) is 5.05. The molecule has 0 unspecified atom stereocenters. The lowest BCUT2D eigenvalue weighted by Gasteiger charge is -2.19. The van der Waals surface area contributed by atoms with E-state index in [1.807, 2.05) is 6.07 Å². The van der Waals surface area contributed by atoms with E-state index < -0.39 is 0 Å². The highest BCUT2D eigenvalue weighted by Gasteiger charge is 2.16. The van der Waals surface area contributed by atoms with Gasteiger partial charge in [-0.2, -0.15) is 0 Å². The number of phenols is 1. The Hall–Kier alpha value is -0.980. The van der Waals surface area contributed by atoms with E-state index in [9.17, 15) is 5.11 Å². The lowest BCUT2D eigenvalue weighted by molar-refractivity contribution is 0.465. The summed E-state index contributed by atoms with van der Waals surface area (Å²) in [6, 6.07) is 3.82. The van der Waals surface area contributed by atoms with Crippen molar-refractivity contribution in [2.45, 2.75) is 46.1 Å². The number of guanidine groups is 1. The number of benzene rings is 1. The van der Waals surface area contributed by atoms with Crippen LogP contribution in [0.25, 0.3) is 0 Å². The van der Waals surface area contributed by atoms with Crippen LogP contribution in [0.5, 0.6) is 5.75 Å². The van der Waals surface area contributed by atoms with Gasteiger partial charge in [0.1, 0.15) is 5.75 Å². The first-order chi connectivity index (χ1) is 9.58. The Bertz CT molecular complexity index is 501. The average molecular weight is 403 g/mol. The van der Waals surface area contributed by atoms with Crippen LogP contribution in [0.4, 0.5) is 0 Å². The fourth-order valence-electron chi connectivity index (χ4n) is 2.60. The molecule has 1 aliphatic rings. The van der Waals surface area contributed by atoms with Crippen molar-refractivity contribution >= 4 is 29.9 Å². The molecular formula is C16H26IN3O. The van der Waals surface area contributed by atoms with E-state index in [0.29, 0.717) is 24.2 Å². The second-order valence-electron chi connectivity index (χ2n) is 5.88. The van der Waals surface area contributed by atoms with Gasteiger partial charge >= 0.3 is 0 Å². The normalized spacial score (nSPS) is 14.5. The van der Waals surface area contributed by atoms with E-state index in [1.165, 1.54) is 24.0 Å². The highest BCUT2D eigenvalue weighted by molar-refractivity contribution is 14.0. The first-order valence-corrected chi connectivity index (χ1v) is 7.44. The summed E-state index contributed by atoms with van der Waals surface area (Å²) in [7, 11) is 0. The molecule has 1 aliphatic carbocycles. The first kappa shape index (κ1) is 18.1. The van der Waals surface area contributed by atoms with Crippen LogP contribution in [-0.2, 0) is 19.4 Å². The van der Waals surface area contributed by atoms with Crippen molar-refractivity contribution < 1.29 is 5.11 Å². The fourth-order valence-corrected chi connectivity index (χ4v) is 2.60. The molecule has 0 heterocycles. The Morgan fingerprint density at radius 2 is 2.05 bits per heavy atom. The second kappa shape index (κ2) is 8.46. The monoisotopic (exact) mass is 403 g/mol. The number of fused-ring (bicyclic) bond motifs is 1. The number of nitrogens with one attached hydrogen (secondary N) is 1. The molecule has 0 aromatic heterocycles. The number of rotatable bonds is 4. The van der Waals surface area contributed by atoms with Gasteiger partial charge in [0.15, 0.2) is 5.96 Å². The summed E-state index contributed by atoms with van der Waals surface area (Å²) >= 11 is 0. The van der Waals surface area contributed by atoms with Gasteiger partial charge in [0, 0.05) is 12.1 Å². The number of aryl methyl sites for hydroxylation is 1. The Kier molecular flexibility index (Phi) is 7.28. The molecule has 2 rings (SSSR count). The number of aliphatic imine (C=N–C) groups is 1. The van der Waals surface area contributed by atoms with E-state index in [4.69, 9.17) is 5.73 Å². The van der Waals surface area contributed by atoms with Gasteiger partial charge in [-0.15, -0.1) is 24.0 Å². The van der Waals surface area contributed by atoms with Crippen molar-refractivity contribution in [3.8, 4) is 5.75 Å². The SMILES string of the molecule is CC(C)CNC(N)=NCc1c(O)ccc2c1CCCC2.I. The topological polar surface area (TPSA) is 70.6 Å². The van der Waals surface area contributed by atoms with Crippen molar-refractivity contribution in [1.29, 1.82) is 0 Å². The predicted molar refractivity (Wildman–Crippen MR) is 98.3 cm³/mol. The van der Waals surface area contributed by atoms with Crippen molar-refractivity contribution in [1.82, 2.24) is 5.32 Å². The summed E-state index contributed by atoms with van der Waals surface area (Å²) in [5.74, 6) is 1.32. The maximum absolute atomic E-state index is 10.1. The van der Waals surface area contributed by atoms with Gasteiger partial charge in [0.2, 0.25) is 0 Å². The zero-order valence-electron chi connectivity index (χ0n) is 12.9. The highest BCUT2D eigenvalue weighted by Crippen LogP contribution is 2.30. The van der Waals surface area contributed by atoms with E-state index >= 15 is 0 Å². The van der Waals surface area contributed by atoms with E-state index in [0.717, 1.165) is 24.9 Å². The molecule has 21 heavy (non-hydrogen) atoms. The van der Waals surface area contributed by atoms with Crippen LogP contribution in [-0.4, -0.2) is 17.6 Å². The van der Waals surface area contributed by atoms with Crippen molar-refractivity contribution in [3.05, 3.63) is 28.8 Å². The zero-order chi connectivity index (χ0) is 14.5. The van der Waals surface area contributed by atoms with E-state index in [1.54, 1.807) is 6.07 Å². The summed E-state index contributed by atoms with van der Waals surface area (Å²) in [4.78, 5) is 4.36. The molecule has 0 spiro atoms. The average Bonchev–Trinajstić information content (AvgIpc) is 2.44. The molecule has 4 N–H and O–H groups in total. The van der Waals surface area contributed by atoms with Crippen LogP contribution in [0, 0.1) is 5.92 Å². The molecule has 0 bridgehead atoms. The number of phenolic OH excluding ortho intramolecular Hbond substituents is 1. The summed E-state index contributed by atoms with van der Waals surface area (Å²) in [6.45, 7) is 5.51. The Morgan fingerprint density at radius 1 is 1.33 bits per heavy atom. The number of nitrogens with zero attached hydrogens (tertiary/aromatic N) is 1. The molecule has 0 atom stereocenters. The van der Waals surface area contributed by atoms with Crippen LogP contribution in [0.1, 0.15) is 43.4 Å². The van der Waals surface area contributed by atoms with Crippen molar-refractivity contribution in [2.75, 3.05) is 6.54 Å². The van der Waals surface area contributed by atoms with Crippen LogP contribution >= 0.6 is 24.0 Å². The zero-order valence-corrected chi connectivity index (χ0v) is 15.2. The summed E-state index contributed by atoms with van der Waals surface area (Å²) in [5, 5.41) is 13.2. The standard InChI is InChI=1S/C16H25N3O.HI/c1-11(2)9-18-16(17)19-10-14-13-6-4-3-5-12(13)7-8-15(14)20;/h7-8,11,20H,3-6,9-10H2,1-2H3,(H3,17,18,19);1H. The largest absolute Gasteiger partial charge is 0.508 e. The lowest BCUT2D eigenvalue weighted by atomic mass is 9.88. The molecule has 4 nitrogen and oxygen atoms in total. The van der Waals surface area contributed by atoms with Gasteiger partial charge in [0.25, 0.3) is 0 Å². The van der Waals surface area contributed by atoms with E-state index in [-0.39, 0.29) is 24.0 Å². The van der Waals surface area contributed by atoms with E-state index in [2.05, 4.69) is 24.2 Å². The molecule has 0 fully saturated rings. The molecule has 1 aromatic rings. The number of halogens is 1. The first-order valence-electron chi connectivity index (χ1n) is 7.44. The molecule has 1 aromatic carbocycles. The fraction of sp³-hybridized carbons (Fsp3) is 0.562. The quantitative estimate of drug-likeness (QED) is 0.411. The van der Waals surface area contributed by atoms with Gasteiger partial charge in [-0.05, 0) is 48.8 Å². The second-order valence-corrected chi connectivity index (χ2v) is 5.88. The molecule has 0 amide bonds. The van der Waals surface area contributed by atoms with Crippen molar-refractivity contribution in [2.24, 2.45) is 16.6 Å². The molecule has 0 aliphatic heterocycles. The van der Waals surface area contributed by atoms with Gasteiger partial charge < -0.3 is 16.2 Å². The number of hydrogen-bond donors (Lipinski definition) is 3. The van der Waals surface area contributed by atoms with Crippen LogP contribution in [0.3, 0.4) is 0 Å². The van der Waals surface area contributed by atoms with Gasteiger partial charge in [0.05, 0.1) is 6.54 Å². The smallest absolute Gasteiger partial charge is 0.188 e. The minimum absolute atomic E-state index is 0. The summed E-state index contributed by atoms with van der Waals surface area (Å²) in [6.07, 6.45) is 4.56. The number of hydrogen-bond acceptors (Lipinski definition) is 2. The molecule has 5 heteroatoms. The predicted octanol–water partition coefficient (Wildman–Crippen LogP) is 2.95. The van der Waals surface area contributed by atoms with Crippen molar-refractivity contribution in [3.63, 3.8) is 0 Å². The summed E-state index contributed by atoms with van der Waals surface area (Å²) in [5.41, 5.74) is 9.42.